The third-order valence-corrected chi connectivity index (χ3v) is 2.18. The lowest BCUT2D eigenvalue weighted by molar-refractivity contribution is 0.214. The van der Waals surface area contributed by atoms with Crippen molar-refractivity contribution in [1.82, 2.24) is 0 Å². The Morgan fingerprint density at radius 1 is 1.14 bits per heavy atom. The second-order valence-corrected chi connectivity index (χ2v) is 3.64. The van der Waals surface area contributed by atoms with Crippen LogP contribution in [-0.4, -0.2) is 11.2 Å². The van der Waals surface area contributed by atoms with E-state index in [0.29, 0.717) is 0 Å². The third kappa shape index (κ3) is 9.53. The van der Waals surface area contributed by atoms with E-state index in [-0.39, 0.29) is 6.10 Å². The van der Waals surface area contributed by atoms with E-state index < -0.39 is 0 Å². The van der Waals surface area contributed by atoms with Crippen molar-refractivity contribution in [3.8, 4) is 0 Å². The molecule has 0 aromatic heterocycles. The number of aliphatic hydroxyl groups is 1. The maximum absolute atomic E-state index is 9.37. The van der Waals surface area contributed by atoms with E-state index in [2.05, 4.69) is 19.1 Å². The fraction of sp³-hybridized carbons (Fsp3) is 0.692. The van der Waals surface area contributed by atoms with Crippen LogP contribution in [0.1, 0.15) is 52.4 Å². The average molecular weight is 196 g/mol. The van der Waals surface area contributed by atoms with E-state index in [0.717, 1.165) is 12.8 Å². The van der Waals surface area contributed by atoms with Crippen LogP contribution in [0, 0.1) is 0 Å². The molecule has 0 spiro atoms. The molecular formula is C13H24O. The molecule has 0 saturated carbocycles. The zero-order valence-corrected chi connectivity index (χ0v) is 9.58. The summed E-state index contributed by atoms with van der Waals surface area (Å²) >= 11 is 0. The number of unbranched alkanes of at least 4 members (excludes halogenated alkanes) is 3. The predicted octanol–water partition coefficient (Wildman–Crippen LogP) is 3.84. The van der Waals surface area contributed by atoms with Gasteiger partial charge in [0, 0.05) is 0 Å². The molecule has 1 atom stereocenters. The molecule has 82 valence electrons. The molecule has 0 saturated heterocycles. The summed E-state index contributed by atoms with van der Waals surface area (Å²) < 4.78 is 0. The Morgan fingerprint density at radius 2 is 1.86 bits per heavy atom. The van der Waals surface area contributed by atoms with Gasteiger partial charge >= 0.3 is 0 Å². The molecule has 0 aromatic carbocycles. The molecule has 1 nitrogen and oxygen atoms in total. The lowest BCUT2D eigenvalue weighted by Gasteiger charge is -2.01. The fourth-order valence-corrected chi connectivity index (χ4v) is 1.33. The van der Waals surface area contributed by atoms with Crippen LogP contribution in [-0.2, 0) is 0 Å². The highest BCUT2D eigenvalue weighted by molar-refractivity contribution is 4.88. The summed E-state index contributed by atoms with van der Waals surface area (Å²) in [6, 6.07) is 0. The second-order valence-electron chi connectivity index (χ2n) is 3.64. The van der Waals surface area contributed by atoms with Gasteiger partial charge in [-0.2, -0.15) is 0 Å². The Balaban J connectivity index is 3.26. The Labute approximate surface area is 88.5 Å². The van der Waals surface area contributed by atoms with Gasteiger partial charge in [-0.25, -0.2) is 0 Å². The van der Waals surface area contributed by atoms with Gasteiger partial charge in [-0.15, -0.1) is 0 Å². The molecule has 1 N–H and O–H groups in total. The van der Waals surface area contributed by atoms with E-state index in [1.54, 1.807) is 0 Å². The number of hydrogen-bond acceptors (Lipinski definition) is 1. The number of hydrogen-bond donors (Lipinski definition) is 1. The molecular weight excluding hydrogens is 172 g/mol. The van der Waals surface area contributed by atoms with Crippen molar-refractivity contribution in [1.29, 1.82) is 0 Å². The van der Waals surface area contributed by atoms with Gasteiger partial charge in [0.15, 0.2) is 0 Å². The van der Waals surface area contributed by atoms with Crippen molar-refractivity contribution in [2.75, 3.05) is 0 Å². The van der Waals surface area contributed by atoms with Crippen molar-refractivity contribution < 1.29 is 5.11 Å². The molecule has 0 aliphatic carbocycles. The Bertz CT molecular complexity index is 159. The first-order chi connectivity index (χ1) is 6.81. The normalized spacial score (nSPS) is 14.2. The van der Waals surface area contributed by atoms with Gasteiger partial charge in [0.05, 0.1) is 6.10 Å². The molecule has 0 heterocycles. The van der Waals surface area contributed by atoms with Crippen LogP contribution in [0.25, 0.3) is 0 Å². The number of aliphatic hydroxyl groups excluding tert-OH is 1. The van der Waals surface area contributed by atoms with Crippen molar-refractivity contribution in [3.63, 3.8) is 0 Å². The van der Waals surface area contributed by atoms with Gasteiger partial charge in [-0.05, 0) is 32.6 Å². The van der Waals surface area contributed by atoms with Crippen molar-refractivity contribution in [2.24, 2.45) is 0 Å². The molecule has 1 heteroatoms. The molecule has 0 aromatic rings. The van der Waals surface area contributed by atoms with E-state index in [4.69, 9.17) is 0 Å². The summed E-state index contributed by atoms with van der Waals surface area (Å²) in [5.41, 5.74) is 0. The second kappa shape index (κ2) is 10.5. The zero-order chi connectivity index (χ0) is 10.6. The molecule has 0 aliphatic rings. The maximum atomic E-state index is 9.37. The summed E-state index contributed by atoms with van der Waals surface area (Å²) in [4.78, 5) is 0. The highest BCUT2D eigenvalue weighted by atomic mass is 16.3. The number of allylic oxidation sites excluding steroid dienone is 3. The topological polar surface area (TPSA) is 20.2 Å². The van der Waals surface area contributed by atoms with Crippen molar-refractivity contribution in [2.45, 2.75) is 58.5 Å². The minimum Gasteiger partial charge on any atom is -0.389 e. The van der Waals surface area contributed by atoms with Crippen LogP contribution in [0.5, 0.6) is 0 Å². The van der Waals surface area contributed by atoms with E-state index in [9.17, 15) is 5.11 Å². The first-order valence-corrected chi connectivity index (χ1v) is 5.77. The summed E-state index contributed by atoms with van der Waals surface area (Å²) in [6.45, 7) is 4.15. The average Bonchev–Trinajstić information content (AvgIpc) is 2.17. The summed E-state index contributed by atoms with van der Waals surface area (Å²) in [7, 11) is 0. The van der Waals surface area contributed by atoms with Gasteiger partial charge in [-0.1, -0.05) is 44.1 Å². The van der Waals surface area contributed by atoms with Crippen molar-refractivity contribution in [3.05, 3.63) is 24.3 Å². The Morgan fingerprint density at radius 3 is 2.50 bits per heavy atom. The zero-order valence-electron chi connectivity index (χ0n) is 9.58. The fourth-order valence-electron chi connectivity index (χ4n) is 1.33. The first kappa shape index (κ1) is 13.4. The quantitative estimate of drug-likeness (QED) is 0.462. The van der Waals surface area contributed by atoms with Gasteiger partial charge < -0.3 is 5.11 Å². The smallest absolute Gasteiger partial charge is 0.0723 e. The monoisotopic (exact) mass is 196 g/mol. The summed E-state index contributed by atoms with van der Waals surface area (Å²) in [6.07, 6.45) is 14.8. The maximum Gasteiger partial charge on any atom is 0.0723 e. The van der Waals surface area contributed by atoms with E-state index in [1.165, 1.54) is 25.7 Å². The van der Waals surface area contributed by atoms with Gasteiger partial charge in [0.2, 0.25) is 0 Å². The van der Waals surface area contributed by atoms with Crippen LogP contribution < -0.4 is 0 Å². The van der Waals surface area contributed by atoms with Crippen LogP contribution in [0.3, 0.4) is 0 Å². The minimum atomic E-state index is -0.264. The van der Waals surface area contributed by atoms with E-state index in [1.807, 2.05) is 19.1 Å². The lowest BCUT2D eigenvalue weighted by Crippen LogP contribution is -1.99. The highest BCUT2D eigenvalue weighted by Crippen LogP contribution is 2.03. The van der Waals surface area contributed by atoms with Gasteiger partial charge in [-0.3, -0.25) is 0 Å². The van der Waals surface area contributed by atoms with Crippen molar-refractivity contribution >= 4 is 0 Å². The molecule has 0 rings (SSSR count). The van der Waals surface area contributed by atoms with Crippen LogP contribution in [0.15, 0.2) is 24.3 Å². The van der Waals surface area contributed by atoms with Crippen LogP contribution in [0.4, 0.5) is 0 Å². The lowest BCUT2D eigenvalue weighted by atomic mass is 10.1. The third-order valence-electron chi connectivity index (χ3n) is 2.18. The highest BCUT2D eigenvalue weighted by Gasteiger charge is 1.94. The van der Waals surface area contributed by atoms with Crippen LogP contribution in [0.2, 0.25) is 0 Å². The molecule has 0 bridgehead atoms. The first-order valence-electron chi connectivity index (χ1n) is 5.77. The van der Waals surface area contributed by atoms with E-state index >= 15 is 0 Å². The summed E-state index contributed by atoms with van der Waals surface area (Å²) in [5, 5.41) is 9.37. The largest absolute Gasteiger partial charge is 0.389 e. The Hall–Kier alpha value is -0.560. The molecule has 1 unspecified atom stereocenters. The molecule has 14 heavy (non-hydrogen) atoms. The standard InChI is InChI=1S/C13H24O/c1-3-5-6-7-8-9-10-12-13(14)11-4-2/h4,8-9,11,13-14H,3,5-7,10,12H2,1-2H3/b9-8+,11-4+. The SMILES string of the molecule is C/C=C/C(O)CC/C=C/CCCCC. The van der Waals surface area contributed by atoms with Gasteiger partial charge in [0.25, 0.3) is 0 Å². The number of rotatable bonds is 8. The van der Waals surface area contributed by atoms with Gasteiger partial charge in [0.1, 0.15) is 0 Å². The molecule has 0 fully saturated rings. The molecule has 0 amide bonds. The molecule has 0 aliphatic heterocycles. The summed E-state index contributed by atoms with van der Waals surface area (Å²) in [5.74, 6) is 0. The Kier molecular flexibility index (Phi) is 10.1. The van der Waals surface area contributed by atoms with Crippen LogP contribution >= 0.6 is 0 Å². The minimum absolute atomic E-state index is 0.264. The molecule has 0 radical (unpaired) electrons. The predicted molar refractivity (Wildman–Crippen MR) is 63.3 cm³/mol.